The molecule has 1 aromatic rings. The van der Waals surface area contributed by atoms with Crippen molar-refractivity contribution in [2.75, 3.05) is 30.4 Å². The molecule has 1 saturated heterocycles. The molecule has 0 spiro atoms. The number of likely N-dealkylation sites (N-methyl/N-ethyl adjacent to an activating group) is 1. The van der Waals surface area contributed by atoms with Crippen LogP contribution < -0.4 is 5.32 Å². The van der Waals surface area contributed by atoms with Crippen molar-refractivity contribution in [3.05, 3.63) is 6.20 Å². The van der Waals surface area contributed by atoms with Gasteiger partial charge in [0, 0.05) is 6.04 Å². The average Bonchev–Trinajstić information content (AvgIpc) is 2.95. The van der Waals surface area contributed by atoms with Crippen LogP contribution in [-0.2, 0) is 14.6 Å². The third-order valence-corrected chi connectivity index (χ3v) is 5.21. The topological polar surface area (TPSA) is 97.2 Å². The molecule has 9 heteroatoms. The van der Waals surface area contributed by atoms with Crippen LogP contribution in [0.25, 0.3) is 0 Å². The molecule has 118 valence electrons. The van der Waals surface area contributed by atoms with Crippen LogP contribution in [0.3, 0.4) is 0 Å². The van der Waals surface area contributed by atoms with Gasteiger partial charge in [0.15, 0.2) is 15.7 Å². The van der Waals surface area contributed by atoms with Gasteiger partial charge in [-0.1, -0.05) is 0 Å². The van der Waals surface area contributed by atoms with E-state index in [1.54, 1.807) is 11.9 Å². The molecule has 1 unspecified atom stereocenters. The summed E-state index contributed by atoms with van der Waals surface area (Å²) >= 11 is 0. The molecule has 1 aliphatic heterocycles. The Bertz CT molecular complexity index is 610. The van der Waals surface area contributed by atoms with Crippen molar-refractivity contribution in [1.29, 1.82) is 0 Å². The summed E-state index contributed by atoms with van der Waals surface area (Å²) in [6.07, 6.45) is 2.08. The van der Waals surface area contributed by atoms with Gasteiger partial charge < -0.3 is 5.32 Å². The Morgan fingerprint density at radius 1 is 1.57 bits per heavy atom. The SMILES string of the molecule is CC(C)n1ncc(NC(=O)CN(C)C2CCS(=O)(=O)C2)n1. The second-order valence-electron chi connectivity index (χ2n) is 5.66. The zero-order valence-electron chi connectivity index (χ0n) is 12.5. The van der Waals surface area contributed by atoms with E-state index in [0.29, 0.717) is 12.2 Å². The summed E-state index contributed by atoms with van der Waals surface area (Å²) in [4.78, 5) is 15.2. The van der Waals surface area contributed by atoms with Gasteiger partial charge in [-0.15, -0.1) is 5.10 Å². The number of amides is 1. The third-order valence-electron chi connectivity index (χ3n) is 3.46. The molecule has 2 rings (SSSR count). The van der Waals surface area contributed by atoms with E-state index in [9.17, 15) is 13.2 Å². The summed E-state index contributed by atoms with van der Waals surface area (Å²) in [7, 11) is -1.18. The van der Waals surface area contributed by atoms with E-state index in [2.05, 4.69) is 15.5 Å². The number of anilines is 1. The molecule has 0 saturated carbocycles. The van der Waals surface area contributed by atoms with Crippen LogP contribution in [0.1, 0.15) is 26.3 Å². The van der Waals surface area contributed by atoms with Crippen molar-refractivity contribution in [2.24, 2.45) is 0 Å². The molecule has 1 fully saturated rings. The minimum Gasteiger partial charge on any atom is -0.307 e. The fraction of sp³-hybridized carbons (Fsp3) is 0.750. The van der Waals surface area contributed by atoms with Crippen LogP contribution in [0.2, 0.25) is 0 Å². The summed E-state index contributed by atoms with van der Waals surface area (Å²) in [6.45, 7) is 4.02. The Labute approximate surface area is 124 Å². The molecule has 0 aliphatic carbocycles. The number of rotatable bonds is 5. The van der Waals surface area contributed by atoms with E-state index in [-0.39, 0.29) is 36.0 Å². The van der Waals surface area contributed by atoms with Gasteiger partial charge in [-0.05, 0) is 27.3 Å². The maximum atomic E-state index is 11.9. The van der Waals surface area contributed by atoms with Crippen molar-refractivity contribution in [2.45, 2.75) is 32.4 Å². The first-order valence-electron chi connectivity index (χ1n) is 6.89. The molecule has 2 heterocycles. The van der Waals surface area contributed by atoms with Crippen LogP contribution in [-0.4, -0.2) is 65.4 Å². The highest BCUT2D eigenvalue weighted by Gasteiger charge is 2.31. The predicted octanol–water partition coefficient (Wildman–Crippen LogP) is -0.0836. The molecule has 1 N–H and O–H groups in total. The lowest BCUT2D eigenvalue weighted by atomic mass is 10.2. The first-order valence-corrected chi connectivity index (χ1v) is 8.71. The maximum Gasteiger partial charge on any atom is 0.239 e. The number of nitrogens with zero attached hydrogens (tertiary/aromatic N) is 4. The molecule has 8 nitrogen and oxygen atoms in total. The van der Waals surface area contributed by atoms with Gasteiger partial charge in [-0.25, -0.2) is 8.42 Å². The fourth-order valence-electron chi connectivity index (χ4n) is 2.24. The molecule has 1 amide bonds. The lowest BCUT2D eigenvalue weighted by Gasteiger charge is -2.21. The largest absolute Gasteiger partial charge is 0.307 e. The van der Waals surface area contributed by atoms with Gasteiger partial charge in [-0.2, -0.15) is 9.90 Å². The Balaban J connectivity index is 1.86. The minimum absolute atomic E-state index is 0.0907. The smallest absolute Gasteiger partial charge is 0.239 e. The number of sulfone groups is 1. The van der Waals surface area contributed by atoms with E-state index < -0.39 is 9.84 Å². The number of carbonyl (C=O) groups excluding carboxylic acids is 1. The lowest BCUT2D eigenvalue weighted by molar-refractivity contribution is -0.117. The van der Waals surface area contributed by atoms with Crippen LogP contribution in [0.15, 0.2) is 6.20 Å². The number of hydrogen-bond donors (Lipinski definition) is 1. The summed E-state index contributed by atoms with van der Waals surface area (Å²) in [6, 6.07) is 0.0362. The number of carbonyl (C=O) groups is 1. The molecule has 1 aliphatic rings. The maximum absolute atomic E-state index is 11.9. The zero-order chi connectivity index (χ0) is 15.6. The van der Waals surface area contributed by atoms with Gasteiger partial charge in [0.2, 0.25) is 5.91 Å². The highest BCUT2D eigenvalue weighted by atomic mass is 32.2. The van der Waals surface area contributed by atoms with Crippen molar-refractivity contribution in [3.63, 3.8) is 0 Å². The zero-order valence-corrected chi connectivity index (χ0v) is 13.3. The Morgan fingerprint density at radius 3 is 2.81 bits per heavy atom. The summed E-state index contributed by atoms with van der Waals surface area (Å²) in [5.74, 6) is 0.505. The highest BCUT2D eigenvalue weighted by molar-refractivity contribution is 7.91. The monoisotopic (exact) mass is 315 g/mol. The standard InChI is InChI=1S/C12H21N5O3S/c1-9(2)17-13-6-11(15-17)14-12(18)7-16(3)10-4-5-21(19,20)8-10/h6,9-10H,4-5,7-8H2,1-3H3,(H,14,15,18). The normalized spacial score (nSPS) is 21.1. The molecule has 1 aromatic heterocycles. The highest BCUT2D eigenvalue weighted by Crippen LogP contribution is 2.16. The van der Waals surface area contributed by atoms with Crippen molar-refractivity contribution in [3.8, 4) is 0 Å². The van der Waals surface area contributed by atoms with Crippen molar-refractivity contribution in [1.82, 2.24) is 19.9 Å². The number of aromatic nitrogens is 3. The van der Waals surface area contributed by atoms with Crippen LogP contribution in [0.5, 0.6) is 0 Å². The van der Waals surface area contributed by atoms with Gasteiger partial charge in [0.25, 0.3) is 0 Å². The first-order chi connectivity index (χ1) is 9.77. The predicted molar refractivity (Wildman–Crippen MR) is 78.7 cm³/mol. The molecule has 0 aromatic carbocycles. The lowest BCUT2D eigenvalue weighted by Crippen LogP contribution is -2.38. The summed E-state index contributed by atoms with van der Waals surface area (Å²) < 4.78 is 22.9. The second-order valence-corrected chi connectivity index (χ2v) is 7.89. The quantitative estimate of drug-likeness (QED) is 0.816. The molecule has 0 bridgehead atoms. The Morgan fingerprint density at radius 2 is 2.29 bits per heavy atom. The van der Waals surface area contributed by atoms with E-state index in [1.807, 2.05) is 13.8 Å². The number of hydrogen-bond acceptors (Lipinski definition) is 6. The minimum atomic E-state index is -2.94. The second kappa shape index (κ2) is 6.10. The number of nitrogens with one attached hydrogen (secondary N) is 1. The van der Waals surface area contributed by atoms with Crippen molar-refractivity contribution >= 4 is 21.6 Å². The first kappa shape index (κ1) is 15.9. The van der Waals surface area contributed by atoms with Crippen LogP contribution in [0, 0.1) is 0 Å². The molecular weight excluding hydrogens is 294 g/mol. The Hall–Kier alpha value is -1.48. The van der Waals surface area contributed by atoms with Gasteiger partial charge >= 0.3 is 0 Å². The van der Waals surface area contributed by atoms with Gasteiger partial charge in [-0.3, -0.25) is 9.69 Å². The van der Waals surface area contributed by atoms with Gasteiger partial charge in [0.1, 0.15) is 0 Å². The third kappa shape index (κ3) is 4.24. The van der Waals surface area contributed by atoms with Crippen LogP contribution >= 0.6 is 0 Å². The molecule has 0 radical (unpaired) electrons. The van der Waals surface area contributed by atoms with E-state index in [0.717, 1.165) is 0 Å². The van der Waals surface area contributed by atoms with E-state index >= 15 is 0 Å². The fourth-order valence-corrected chi connectivity index (χ4v) is 4.05. The van der Waals surface area contributed by atoms with E-state index in [1.165, 1.54) is 11.0 Å². The molecule has 21 heavy (non-hydrogen) atoms. The van der Waals surface area contributed by atoms with Gasteiger partial charge in [0.05, 0.1) is 30.3 Å². The van der Waals surface area contributed by atoms with Crippen molar-refractivity contribution < 1.29 is 13.2 Å². The molecule has 1 atom stereocenters. The summed E-state index contributed by atoms with van der Waals surface area (Å²) in [5, 5.41) is 10.8. The summed E-state index contributed by atoms with van der Waals surface area (Å²) in [5.41, 5.74) is 0. The Kier molecular flexibility index (Phi) is 4.62. The van der Waals surface area contributed by atoms with Crippen LogP contribution in [0.4, 0.5) is 5.82 Å². The average molecular weight is 315 g/mol. The van der Waals surface area contributed by atoms with E-state index in [4.69, 9.17) is 0 Å². The molecular formula is C12H21N5O3S.